The molecule has 0 spiro atoms. The largest absolute Gasteiger partial charge is 0.347 e. The summed E-state index contributed by atoms with van der Waals surface area (Å²) in [7, 11) is 0. The van der Waals surface area contributed by atoms with Gasteiger partial charge in [0.25, 0.3) is 5.91 Å². The predicted molar refractivity (Wildman–Crippen MR) is 135 cm³/mol. The van der Waals surface area contributed by atoms with E-state index in [0.717, 1.165) is 24.8 Å². The van der Waals surface area contributed by atoms with Crippen molar-refractivity contribution in [3.8, 4) is 22.9 Å². The van der Waals surface area contributed by atoms with E-state index >= 15 is 0 Å². The van der Waals surface area contributed by atoms with Gasteiger partial charge in [-0.2, -0.15) is 0 Å². The average molecular weight is 500 g/mol. The van der Waals surface area contributed by atoms with Crippen molar-refractivity contribution < 1.29 is 9.18 Å². The number of imidazole rings is 1. The van der Waals surface area contributed by atoms with Crippen LogP contribution in [0.2, 0.25) is 0 Å². The fourth-order valence-electron chi connectivity index (χ4n) is 4.87. The molecule has 1 amide bonds. The van der Waals surface area contributed by atoms with Crippen LogP contribution in [0.25, 0.3) is 33.9 Å². The molecule has 1 aromatic carbocycles. The second-order valence-corrected chi connectivity index (χ2v) is 9.64. The van der Waals surface area contributed by atoms with Crippen molar-refractivity contribution in [3.63, 3.8) is 0 Å². The van der Waals surface area contributed by atoms with Gasteiger partial charge in [-0.3, -0.25) is 9.78 Å². The molecular weight excluding hydrogens is 477 g/mol. The van der Waals surface area contributed by atoms with Crippen LogP contribution in [-0.2, 0) is 0 Å². The lowest BCUT2D eigenvalue weighted by Crippen LogP contribution is -2.39. The quantitative estimate of drug-likeness (QED) is 0.363. The molecule has 4 heterocycles. The molecule has 5 aromatic rings. The van der Waals surface area contributed by atoms with Crippen LogP contribution in [0, 0.1) is 5.82 Å². The molecule has 0 saturated heterocycles. The van der Waals surface area contributed by atoms with Crippen molar-refractivity contribution >= 4 is 28.3 Å². The number of hydrogen-bond donors (Lipinski definition) is 1. The number of benzene rings is 1. The number of nitrogens with zero attached hydrogens (tertiary/aromatic N) is 6. The van der Waals surface area contributed by atoms with E-state index in [4.69, 9.17) is 4.98 Å². The van der Waals surface area contributed by atoms with E-state index in [2.05, 4.69) is 29.8 Å². The Morgan fingerprint density at radius 3 is 2.72 bits per heavy atom. The summed E-state index contributed by atoms with van der Waals surface area (Å²) in [6.07, 6.45) is 10.0. The van der Waals surface area contributed by atoms with Crippen LogP contribution >= 0.6 is 11.3 Å². The second kappa shape index (κ2) is 9.54. The van der Waals surface area contributed by atoms with Crippen molar-refractivity contribution in [2.75, 3.05) is 0 Å². The highest BCUT2D eigenvalue weighted by Crippen LogP contribution is 2.37. The minimum atomic E-state index is -0.335. The summed E-state index contributed by atoms with van der Waals surface area (Å²) in [6.45, 7) is 0. The molecule has 4 aromatic heterocycles. The topological polar surface area (TPSA) is 98.5 Å². The van der Waals surface area contributed by atoms with Gasteiger partial charge in [-0.1, -0.05) is 12.1 Å². The number of hydrogen-bond acceptors (Lipinski definition) is 7. The molecule has 1 aliphatic carbocycles. The van der Waals surface area contributed by atoms with Crippen LogP contribution in [-0.4, -0.2) is 41.4 Å². The first-order valence-corrected chi connectivity index (χ1v) is 12.7. The van der Waals surface area contributed by atoms with Crippen molar-refractivity contribution in [2.24, 2.45) is 0 Å². The predicted octanol–water partition coefficient (Wildman–Crippen LogP) is 5.06. The standard InChI is InChI=1S/C26H22FN7OS/c27-19-8-2-1-7-18(19)24-33-21-15-31-20(23-28-9-4-10-29-23)14-22(21)34(24)17-6-3-5-16(13-17)32-25(35)26-30-11-12-36-26/h1-2,4,7-12,14-17H,3,5-6,13H2,(H,32,35). The Balaban J connectivity index is 1.42. The minimum absolute atomic E-state index is 0.00638. The molecule has 0 radical (unpaired) electrons. The molecule has 36 heavy (non-hydrogen) atoms. The van der Waals surface area contributed by atoms with Crippen LogP contribution in [0.5, 0.6) is 0 Å². The highest BCUT2D eigenvalue weighted by molar-refractivity contribution is 7.11. The van der Waals surface area contributed by atoms with E-state index in [9.17, 15) is 9.18 Å². The molecule has 180 valence electrons. The van der Waals surface area contributed by atoms with Crippen LogP contribution in [0.1, 0.15) is 41.5 Å². The summed E-state index contributed by atoms with van der Waals surface area (Å²) in [5, 5.41) is 5.38. The molecule has 0 bridgehead atoms. The van der Waals surface area contributed by atoms with Crippen LogP contribution in [0.3, 0.4) is 0 Å². The molecule has 10 heteroatoms. The number of rotatable bonds is 5. The maximum atomic E-state index is 14.9. The summed E-state index contributed by atoms with van der Waals surface area (Å²) < 4.78 is 17.1. The van der Waals surface area contributed by atoms with Gasteiger partial charge in [-0.25, -0.2) is 24.3 Å². The summed E-state index contributed by atoms with van der Waals surface area (Å²) in [5.74, 6) is 0.566. The number of pyridine rings is 1. The zero-order valence-corrected chi connectivity index (χ0v) is 20.0. The van der Waals surface area contributed by atoms with Gasteiger partial charge in [0.1, 0.15) is 22.9 Å². The van der Waals surface area contributed by atoms with E-state index in [1.54, 1.807) is 48.4 Å². The fraction of sp³-hybridized carbons (Fsp3) is 0.231. The van der Waals surface area contributed by atoms with Gasteiger partial charge in [0, 0.05) is 36.1 Å². The molecule has 2 unspecified atom stereocenters. The van der Waals surface area contributed by atoms with E-state index in [0.29, 0.717) is 39.9 Å². The van der Waals surface area contributed by atoms with Crippen LogP contribution < -0.4 is 5.32 Å². The van der Waals surface area contributed by atoms with Crippen molar-refractivity contribution in [1.29, 1.82) is 0 Å². The number of carbonyl (C=O) groups excluding carboxylic acids is 1. The zero-order valence-electron chi connectivity index (χ0n) is 19.2. The second-order valence-electron chi connectivity index (χ2n) is 8.74. The number of fused-ring (bicyclic) bond motifs is 1. The zero-order chi connectivity index (χ0) is 24.5. The van der Waals surface area contributed by atoms with E-state index in [-0.39, 0.29) is 23.8 Å². The van der Waals surface area contributed by atoms with Gasteiger partial charge in [-0.05, 0) is 49.9 Å². The molecule has 1 saturated carbocycles. The summed E-state index contributed by atoms with van der Waals surface area (Å²) in [5.41, 5.74) is 2.55. The Labute approximate surface area is 210 Å². The Morgan fingerprint density at radius 1 is 1.06 bits per heavy atom. The lowest BCUT2D eigenvalue weighted by Gasteiger charge is -2.32. The molecule has 1 aliphatic rings. The maximum Gasteiger partial charge on any atom is 0.280 e. The SMILES string of the molecule is O=C(NC1CCCC(n2c(-c3ccccc3F)nc3cnc(-c4ncccn4)cc32)C1)c1nccs1. The monoisotopic (exact) mass is 499 g/mol. The van der Waals surface area contributed by atoms with Crippen LogP contribution in [0.15, 0.2) is 66.6 Å². The first-order chi connectivity index (χ1) is 17.7. The molecule has 2 atom stereocenters. The Morgan fingerprint density at radius 2 is 1.92 bits per heavy atom. The van der Waals surface area contributed by atoms with Gasteiger partial charge >= 0.3 is 0 Å². The third kappa shape index (κ3) is 4.24. The molecular formula is C26H22FN7OS. The van der Waals surface area contributed by atoms with E-state index in [1.807, 2.05) is 12.1 Å². The van der Waals surface area contributed by atoms with Crippen molar-refractivity contribution in [3.05, 3.63) is 77.4 Å². The van der Waals surface area contributed by atoms with Gasteiger partial charge in [0.2, 0.25) is 0 Å². The number of carbonyl (C=O) groups is 1. The van der Waals surface area contributed by atoms with Gasteiger partial charge in [0.15, 0.2) is 10.8 Å². The first-order valence-electron chi connectivity index (χ1n) is 11.8. The minimum Gasteiger partial charge on any atom is -0.347 e. The smallest absolute Gasteiger partial charge is 0.280 e. The van der Waals surface area contributed by atoms with Gasteiger partial charge in [0.05, 0.1) is 17.3 Å². The number of amides is 1. The number of aromatic nitrogens is 6. The molecule has 1 fully saturated rings. The van der Waals surface area contributed by atoms with Gasteiger partial charge < -0.3 is 9.88 Å². The summed E-state index contributed by atoms with van der Waals surface area (Å²) >= 11 is 1.32. The number of nitrogens with one attached hydrogen (secondary N) is 1. The third-order valence-corrected chi connectivity index (χ3v) is 7.23. The molecule has 6 rings (SSSR count). The van der Waals surface area contributed by atoms with Crippen LogP contribution in [0.4, 0.5) is 4.39 Å². The maximum absolute atomic E-state index is 14.9. The van der Waals surface area contributed by atoms with E-state index < -0.39 is 0 Å². The van der Waals surface area contributed by atoms with Crippen molar-refractivity contribution in [2.45, 2.75) is 37.8 Å². The summed E-state index contributed by atoms with van der Waals surface area (Å²) in [4.78, 5) is 34.8. The number of thiazole rings is 1. The van der Waals surface area contributed by atoms with Crippen molar-refractivity contribution in [1.82, 2.24) is 34.8 Å². The highest BCUT2D eigenvalue weighted by Gasteiger charge is 2.29. The Bertz CT molecular complexity index is 1520. The first kappa shape index (κ1) is 22.4. The molecule has 0 aliphatic heterocycles. The number of halogens is 1. The van der Waals surface area contributed by atoms with Gasteiger partial charge in [-0.15, -0.1) is 11.3 Å². The molecule has 1 N–H and O–H groups in total. The Hall–Kier alpha value is -4.05. The normalized spacial score (nSPS) is 17.8. The fourth-order valence-corrected chi connectivity index (χ4v) is 5.41. The van der Waals surface area contributed by atoms with E-state index in [1.165, 1.54) is 17.4 Å². The Kier molecular flexibility index (Phi) is 5.94. The third-order valence-electron chi connectivity index (χ3n) is 6.46. The summed E-state index contributed by atoms with van der Waals surface area (Å²) in [6, 6.07) is 10.3. The lowest BCUT2D eigenvalue weighted by molar-refractivity contribution is 0.0920. The lowest BCUT2D eigenvalue weighted by atomic mass is 9.90. The molecule has 8 nitrogen and oxygen atoms in total. The average Bonchev–Trinajstić information content (AvgIpc) is 3.58. The highest BCUT2D eigenvalue weighted by atomic mass is 32.1.